The van der Waals surface area contributed by atoms with Crippen LogP contribution in [0.5, 0.6) is 0 Å². The molecule has 0 aliphatic carbocycles. The zero-order valence-corrected chi connectivity index (χ0v) is 11.7. The van der Waals surface area contributed by atoms with Crippen molar-refractivity contribution in [3.8, 4) is 5.69 Å². The normalized spacial score (nSPS) is 10.6. The average Bonchev–Trinajstić information content (AvgIpc) is 2.67. The third kappa shape index (κ3) is 2.27. The topological polar surface area (TPSA) is 60.0 Å². The highest BCUT2D eigenvalue weighted by Crippen LogP contribution is 2.24. The SMILES string of the molecule is Cc1ccc(C)c(-n2c(C)cc(C(=O)NN)c2C)c1. The van der Waals surface area contributed by atoms with Gasteiger partial charge in [-0.05, 0) is 51.0 Å². The number of nitrogens with one attached hydrogen (secondary N) is 1. The van der Waals surface area contributed by atoms with Gasteiger partial charge in [-0.3, -0.25) is 10.2 Å². The molecule has 3 N–H and O–H groups in total. The number of nitrogens with zero attached hydrogens (tertiary/aromatic N) is 1. The fourth-order valence-electron chi connectivity index (χ4n) is 2.40. The smallest absolute Gasteiger partial charge is 0.267 e. The van der Waals surface area contributed by atoms with Gasteiger partial charge in [0.05, 0.1) is 5.56 Å². The van der Waals surface area contributed by atoms with Crippen molar-refractivity contribution >= 4 is 5.91 Å². The second-order valence-electron chi connectivity index (χ2n) is 4.88. The molecule has 0 radical (unpaired) electrons. The quantitative estimate of drug-likeness (QED) is 0.493. The lowest BCUT2D eigenvalue weighted by Crippen LogP contribution is -2.30. The zero-order valence-electron chi connectivity index (χ0n) is 11.7. The first-order valence-corrected chi connectivity index (χ1v) is 6.23. The van der Waals surface area contributed by atoms with Gasteiger partial charge in [-0.15, -0.1) is 0 Å². The minimum atomic E-state index is -0.260. The van der Waals surface area contributed by atoms with E-state index in [-0.39, 0.29) is 5.91 Å². The summed E-state index contributed by atoms with van der Waals surface area (Å²) < 4.78 is 2.09. The number of carbonyl (C=O) groups is 1. The van der Waals surface area contributed by atoms with Crippen LogP contribution in [0.1, 0.15) is 32.9 Å². The minimum absolute atomic E-state index is 0.260. The summed E-state index contributed by atoms with van der Waals surface area (Å²) in [4.78, 5) is 11.7. The van der Waals surface area contributed by atoms with Gasteiger partial charge in [0, 0.05) is 17.1 Å². The molecule has 0 saturated heterocycles. The van der Waals surface area contributed by atoms with Crippen molar-refractivity contribution in [1.29, 1.82) is 0 Å². The first-order valence-electron chi connectivity index (χ1n) is 6.23. The molecule has 100 valence electrons. The van der Waals surface area contributed by atoms with Crippen molar-refractivity contribution < 1.29 is 4.79 Å². The lowest BCUT2D eigenvalue weighted by atomic mass is 10.1. The second kappa shape index (κ2) is 4.90. The van der Waals surface area contributed by atoms with E-state index in [2.05, 4.69) is 42.0 Å². The monoisotopic (exact) mass is 257 g/mol. The van der Waals surface area contributed by atoms with Crippen LogP contribution in [-0.2, 0) is 0 Å². The molecular formula is C15H19N3O. The molecule has 4 nitrogen and oxygen atoms in total. The van der Waals surface area contributed by atoms with Crippen molar-refractivity contribution in [1.82, 2.24) is 9.99 Å². The maximum atomic E-state index is 11.7. The van der Waals surface area contributed by atoms with Gasteiger partial charge in [0.2, 0.25) is 0 Å². The van der Waals surface area contributed by atoms with E-state index in [1.807, 2.05) is 19.9 Å². The summed E-state index contributed by atoms with van der Waals surface area (Å²) in [5.41, 5.74) is 8.18. The highest BCUT2D eigenvalue weighted by Gasteiger charge is 2.16. The molecule has 1 heterocycles. The number of rotatable bonds is 2. The second-order valence-corrected chi connectivity index (χ2v) is 4.88. The van der Waals surface area contributed by atoms with Crippen LogP contribution < -0.4 is 11.3 Å². The molecule has 19 heavy (non-hydrogen) atoms. The molecule has 4 heteroatoms. The molecule has 1 amide bonds. The average molecular weight is 257 g/mol. The number of nitrogen functional groups attached to an aromatic ring is 1. The van der Waals surface area contributed by atoms with Crippen LogP contribution in [0.25, 0.3) is 5.69 Å². The molecule has 0 fully saturated rings. The number of amides is 1. The Morgan fingerprint density at radius 1 is 1.16 bits per heavy atom. The van der Waals surface area contributed by atoms with Crippen LogP contribution in [0.4, 0.5) is 0 Å². The third-order valence-corrected chi connectivity index (χ3v) is 3.41. The number of aromatic nitrogens is 1. The molecular weight excluding hydrogens is 238 g/mol. The van der Waals surface area contributed by atoms with E-state index in [1.165, 1.54) is 11.1 Å². The first kappa shape index (κ1) is 13.4. The Hall–Kier alpha value is -2.07. The maximum absolute atomic E-state index is 11.7. The molecule has 2 rings (SSSR count). The van der Waals surface area contributed by atoms with E-state index in [1.54, 1.807) is 0 Å². The summed E-state index contributed by atoms with van der Waals surface area (Å²) in [6, 6.07) is 8.16. The summed E-state index contributed by atoms with van der Waals surface area (Å²) in [5.74, 6) is 4.96. The van der Waals surface area contributed by atoms with E-state index in [0.717, 1.165) is 17.1 Å². The van der Waals surface area contributed by atoms with Gasteiger partial charge in [-0.1, -0.05) is 12.1 Å². The molecule has 1 aromatic heterocycles. The molecule has 0 bridgehead atoms. The molecule has 2 aromatic rings. The number of nitrogens with two attached hydrogens (primary N) is 1. The molecule has 0 spiro atoms. The number of hydrazine groups is 1. The first-order chi connectivity index (χ1) is 8.95. The number of hydrogen-bond acceptors (Lipinski definition) is 2. The van der Waals surface area contributed by atoms with Crippen LogP contribution in [0.2, 0.25) is 0 Å². The molecule has 0 aliphatic heterocycles. The Morgan fingerprint density at radius 3 is 2.47 bits per heavy atom. The van der Waals surface area contributed by atoms with Crippen molar-refractivity contribution in [2.45, 2.75) is 27.7 Å². The molecule has 1 aromatic carbocycles. The number of aryl methyl sites for hydroxylation is 3. The summed E-state index contributed by atoms with van der Waals surface area (Å²) >= 11 is 0. The Bertz CT molecular complexity index is 641. The Balaban J connectivity index is 2.66. The summed E-state index contributed by atoms with van der Waals surface area (Å²) in [7, 11) is 0. The standard InChI is InChI=1S/C15H19N3O/c1-9-5-6-10(2)14(7-9)18-11(3)8-13(12(18)4)15(19)17-16/h5-8H,16H2,1-4H3,(H,17,19). The van der Waals surface area contributed by atoms with Crippen molar-refractivity contribution in [2.24, 2.45) is 5.84 Å². The van der Waals surface area contributed by atoms with E-state index >= 15 is 0 Å². The van der Waals surface area contributed by atoms with Crippen molar-refractivity contribution in [3.63, 3.8) is 0 Å². The molecule has 0 aliphatic rings. The molecule has 0 saturated carbocycles. The van der Waals surface area contributed by atoms with Gasteiger partial charge in [-0.25, -0.2) is 5.84 Å². The highest BCUT2D eigenvalue weighted by atomic mass is 16.2. The highest BCUT2D eigenvalue weighted by molar-refractivity contribution is 5.95. The summed E-state index contributed by atoms with van der Waals surface area (Å²) in [6.07, 6.45) is 0. The molecule has 0 unspecified atom stereocenters. The van der Waals surface area contributed by atoms with Gasteiger partial charge in [0.1, 0.15) is 0 Å². The van der Waals surface area contributed by atoms with Gasteiger partial charge in [-0.2, -0.15) is 0 Å². The predicted molar refractivity (Wildman–Crippen MR) is 76.4 cm³/mol. The molecule has 0 atom stereocenters. The zero-order chi connectivity index (χ0) is 14.2. The van der Waals surface area contributed by atoms with Crippen molar-refractivity contribution in [3.05, 3.63) is 52.3 Å². The summed E-state index contributed by atoms with van der Waals surface area (Å²) in [6.45, 7) is 8.04. The number of hydrogen-bond donors (Lipinski definition) is 2. The predicted octanol–water partition coefficient (Wildman–Crippen LogP) is 2.31. The van der Waals surface area contributed by atoms with Crippen LogP contribution in [0.3, 0.4) is 0 Å². The third-order valence-electron chi connectivity index (χ3n) is 3.41. The van der Waals surface area contributed by atoms with Gasteiger partial charge < -0.3 is 4.57 Å². The van der Waals surface area contributed by atoms with Crippen LogP contribution in [0.15, 0.2) is 24.3 Å². The number of benzene rings is 1. The Morgan fingerprint density at radius 2 is 1.84 bits per heavy atom. The lowest BCUT2D eigenvalue weighted by molar-refractivity contribution is 0.0953. The fraction of sp³-hybridized carbons (Fsp3) is 0.267. The van der Waals surface area contributed by atoms with E-state index in [4.69, 9.17) is 5.84 Å². The van der Waals surface area contributed by atoms with Crippen LogP contribution in [-0.4, -0.2) is 10.5 Å². The fourth-order valence-corrected chi connectivity index (χ4v) is 2.40. The van der Waals surface area contributed by atoms with Crippen LogP contribution >= 0.6 is 0 Å². The van der Waals surface area contributed by atoms with E-state index in [0.29, 0.717) is 5.56 Å². The van der Waals surface area contributed by atoms with E-state index in [9.17, 15) is 4.79 Å². The van der Waals surface area contributed by atoms with Crippen molar-refractivity contribution in [2.75, 3.05) is 0 Å². The Kier molecular flexibility index (Phi) is 3.44. The van der Waals surface area contributed by atoms with Gasteiger partial charge in [0.25, 0.3) is 5.91 Å². The lowest BCUT2D eigenvalue weighted by Gasteiger charge is -2.13. The van der Waals surface area contributed by atoms with Crippen LogP contribution in [0, 0.1) is 27.7 Å². The maximum Gasteiger partial charge on any atom is 0.267 e. The minimum Gasteiger partial charge on any atom is -0.317 e. The van der Waals surface area contributed by atoms with E-state index < -0.39 is 0 Å². The van der Waals surface area contributed by atoms with Gasteiger partial charge >= 0.3 is 0 Å². The number of carbonyl (C=O) groups excluding carboxylic acids is 1. The largest absolute Gasteiger partial charge is 0.317 e. The summed E-state index contributed by atoms with van der Waals surface area (Å²) in [5, 5.41) is 0. The Labute approximate surface area is 113 Å². The van der Waals surface area contributed by atoms with Gasteiger partial charge in [0.15, 0.2) is 0 Å².